The molecular formula is C32H35N3O8. The van der Waals surface area contributed by atoms with Gasteiger partial charge in [-0.05, 0) is 76.1 Å². The third-order valence-electron chi connectivity index (χ3n) is 7.50. The number of hydrogen-bond acceptors (Lipinski definition) is 9. The van der Waals surface area contributed by atoms with Gasteiger partial charge in [0.1, 0.15) is 0 Å². The van der Waals surface area contributed by atoms with Crippen molar-refractivity contribution in [2.45, 2.75) is 50.9 Å². The Morgan fingerprint density at radius 1 is 0.837 bits per heavy atom. The van der Waals surface area contributed by atoms with Crippen LogP contribution in [0.25, 0.3) is 0 Å². The number of carboxylic acid groups (broad SMARTS) is 2. The summed E-state index contributed by atoms with van der Waals surface area (Å²) in [4.78, 5) is 54.0. The van der Waals surface area contributed by atoms with Gasteiger partial charge in [0.05, 0.1) is 23.0 Å². The van der Waals surface area contributed by atoms with Crippen molar-refractivity contribution in [3.8, 4) is 0 Å². The fourth-order valence-corrected chi connectivity index (χ4v) is 5.08. The predicted octanol–water partition coefficient (Wildman–Crippen LogP) is 3.64. The van der Waals surface area contributed by atoms with Crippen molar-refractivity contribution in [3.63, 3.8) is 0 Å². The molecule has 0 saturated carbocycles. The molecule has 3 N–H and O–H groups in total. The number of anilines is 1. The van der Waals surface area contributed by atoms with Gasteiger partial charge in [0.2, 0.25) is 12.2 Å². The van der Waals surface area contributed by atoms with Crippen LogP contribution >= 0.6 is 0 Å². The molecule has 0 radical (unpaired) electrons. The molecule has 3 atom stereocenters. The van der Waals surface area contributed by atoms with E-state index in [0.29, 0.717) is 5.54 Å². The second-order valence-corrected chi connectivity index (χ2v) is 10.8. The van der Waals surface area contributed by atoms with Gasteiger partial charge in [-0.15, -0.1) is 0 Å². The number of carbonyl (C=O) groups excluding carboxylic acids is 2. The SMILES string of the molecule is Cc1ccc(C(=O)OC(C(=O)O)C(OC(=O)c2ccc(C)cc2)C(=O)O)cc1.c1cncc(N2CC[C@]3(CCCN3)C2)c1. The first-order valence-corrected chi connectivity index (χ1v) is 14.0. The van der Waals surface area contributed by atoms with E-state index in [4.69, 9.17) is 9.47 Å². The van der Waals surface area contributed by atoms with Crippen LogP contribution in [0.4, 0.5) is 5.69 Å². The summed E-state index contributed by atoms with van der Waals surface area (Å²) < 4.78 is 9.64. The second-order valence-electron chi connectivity index (χ2n) is 10.8. The zero-order valence-corrected chi connectivity index (χ0v) is 24.1. The monoisotopic (exact) mass is 589 g/mol. The van der Waals surface area contributed by atoms with Crippen LogP contribution in [0.1, 0.15) is 51.1 Å². The van der Waals surface area contributed by atoms with Gasteiger partial charge in [-0.3, -0.25) is 4.98 Å². The lowest BCUT2D eigenvalue weighted by atomic mass is 9.97. The number of esters is 2. The van der Waals surface area contributed by atoms with Gasteiger partial charge < -0.3 is 29.9 Å². The Morgan fingerprint density at radius 3 is 1.79 bits per heavy atom. The van der Waals surface area contributed by atoms with E-state index in [9.17, 15) is 29.4 Å². The summed E-state index contributed by atoms with van der Waals surface area (Å²) in [6, 6.07) is 16.2. The van der Waals surface area contributed by atoms with Crippen molar-refractivity contribution in [2.24, 2.45) is 0 Å². The molecule has 2 aliphatic rings. The van der Waals surface area contributed by atoms with E-state index in [1.807, 2.05) is 18.5 Å². The quantitative estimate of drug-likeness (QED) is 0.330. The number of aliphatic carboxylic acids is 2. The number of aryl methyl sites for hydroxylation is 2. The smallest absolute Gasteiger partial charge is 0.349 e. The van der Waals surface area contributed by atoms with Crippen LogP contribution < -0.4 is 10.2 Å². The zero-order chi connectivity index (χ0) is 31.0. The minimum absolute atomic E-state index is 0.0332. The minimum Gasteiger partial charge on any atom is -0.478 e. The molecule has 1 spiro atoms. The Balaban J connectivity index is 0.000000234. The van der Waals surface area contributed by atoms with E-state index in [-0.39, 0.29) is 11.1 Å². The lowest BCUT2D eigenvalue weighted by Crippen LogP contribution is -2.45. The van der Waals surface area contributed by atoms with E-state index in [2.05, 4.69) is 21.3 Å². The van der Waals surface area contributed by atoms with Gasteiger partial charge in [0, 0.05) is 24.8 Å². The average Bonchev–Trinajstić information content (AvgIpc) is 3.65. The van der Waals surface area contributed by atoms with Crippen LogP contribution in [0.2, 0.25) is 0 Å². The summed E-state index contributed by atoms with van der Waals surface area (Å²) in [5.74, 6) is -5.62. The van der Waals surface area contributed by atoms with E-state index >= 15 is 0 Å². The fraction of sp³-hybridized carbons (Fsp3) is 0.344. The van der Waals surface area contributed by atoms with Crippen molar-refractivity contribution in [2.75, 3.05) is 24.5 Å². The van der Waals surface area contributed by atoms with Gasteiger partial charge >= 0.3 is 23.9 Å². The van der Waals surface area contributed by atoms with Crippen molar-refractivity contribution in [1.29, 1.82) is 0 Å². The molecule has 11 heteroatoms. The molecular weight excluding hydrogens is 554 g/mol. The number of nitrogens with zero attached hydrogens (tertiary/aromatic N) is 2. The number of carboxylic acids is 2. The summed E-state index contributed by atoms with van der Waals surface area (Å²) in [7, 11) is 0. The molecule has 226 valence electrons. The highest BCUT2D eigenvalue weighted by Crippen LogP contribution is 2.32. The standard InChI is InChI=1S/C20H18O8.C12H17N3/c1-11-3-7-13(8-4-11)19(25)27-15(17(21)22)16(18(23)24)28-20(26)14-9-5-12(2)6-10-14;1-3-11(9-13-6-1)15-8-5-12(10-15)4-2-7-14-12/h3-10,15-16H,1-2H3,(H,21,22)(H,23,24);1,3,6,9,14H,2,4-5,7-8,10H2/t;12-/m.1/s1. The first-order valence-electron chi connectivity index (χ1n) is 14.0. The summed E-state index contributed by atoms with van der Waals surface area (Å²) >= 11 is 0. The topological polar surface area (TPSA) is 155 Å². The van der Waals surface area contributed by atoms with Crippen LogP contribution in [0.3, 0.4) is 0 Å². The molecule has 3 heterocycles. The highest BCUT2D eigenvalue weighted by molar-refractivity contribution is 5.95. The third kappa shape index (κ3) is 8.16. The molecule has 0 bridgehead atoms. The normalized spacial score (nSPS) is 18.7. The first-order chi connectivity index (χ1) is 20.6. The summed E-state index contributed by atoms with van der Waals surface area (Å²) in [6.45, 7) is 7.10. The number of rotatable bonds is 8. The minimum atomic E-state index is -2.22. The Morgan fingerprint density at radius 2 is 1.37 bits per heavy atom. The predicted molar refractivity (Wildman–Crippen MR) is 157 cm³/mol. The Labute approximate surface area is 249 Å². The highest BCUT2D eigenvalue weighted by Gasteiger charge is 2.41. The van der Waals surface area contributed by atoms with Crippen LogP contribution in [0.15, 0.2) is 73.1 Å². The summed E-state index contributed by atoms with van der Waals surface area (Å²) in [6.07, 6.45) is 3.31. The zero-order valence-electron chi connectivity index (χ0n) is 24.1. The number of nitrogens with one attached hydrogen (secondary N) is 1. The van der Waals surface area contributed by atoms with Gasteiger partial charge in [-0.25, -0.2) is 19.2 Å². The molecule has 0 amide bonds. The van der Waals surface area contributed by atoms with Crippen molar-refractivity contribution in [3.05, 3.63) is 95.3 Å². The van der Waals surface area contributed by atoms with Gasteiger partial charge in [0.15, 0.2) is 0 Å². The van der Waals surface area contributed by atoms with E-state index in [0.717, 1.165) is 17.7 Å². The maximum atomic E-state index is 12.2. The highest BCUT2D eigenvalue weighted by atomic mass is 16.6. The third-order valence-corrected chi connectivity index (χ3v) is 7.50. The van der Waals surface area contributed by atoms with E-state index in [1.54, 1.807) is 38.1 Å². The number of hydrogen-bond donors (Lipinski definition) is 3. The number of ether oxygens (including phenoxy) is 2. The number of benzene rings is 2. The van der Waals surface area contributed by atoms with Gasteiger partial charge in [0.25, 0.3) is 0 Å². The van der Waals surface area contributed by atoms with Gasteiger partial charge in [-0.1, -0.05) is 35.4 Å². The average molecular weight is 590 g/mol. The Hall–Kier alpha value is -4.77. The molecule has 5 rings (SSSR count). The molecule has 11 nitrogen and oxygen atoms in total. The van der Waals surface area contributed by atoms with Crippen LogP contribution in [0.5, 0.6) is 0 Å². The van der Waals surface area contributed by atoms with E-state index in [1.165, 1.54) is 62.3 Å². The molecule has 2 aliphatic heterocycles. The van der Waals surface area contributed by atoms with Gasteiger partial charge in [-0.2, -0.15) is 0 Å². The maximum Gasteiger partial charge on any atom is 0.349 e. The first kappa shape index (κ1) is 31.2. The Bertz CT molecular complexity index is 1350. The lowest BCUT2D eigenvalue weighted by Gasteiger charge is -2.25. The fourth-order valence-electron chi connectivity index (χ4n) is 5.08. The summed E-state index contributed by atoms with van der Waals surface area (Å²) in [5.41, 5.74) is 3.47. The molecule has 1 aromatic heterocycles. The molecule has 2 unspecified atom stereocenters. The Kier molecular flexibility index (Phi) is 10.1. The molecule has 2 saturated heterocycles. The summed E-state index contributed by atoms with van der Waals surface area (Å²) in [5, 5.41) is 22.3. The van der Waals surface area contributed by atoms with Crippen LogP contribution in [-0.2, 0) is 19.1 Å². The molecule has 43 heavy (non-hydrogen) atoms. The van der Waals surface area contributed by atoms with Crippen molar-refractivity contribution in [1.82, 2.24) is 10.3 Å². The number of carbonyl (C=O) groups is 4. The van der Waals surface area contributed by atoms with E-state index < -0.39 is 36.1 Å². The molecule has 0 aliphatic carbocycles. The molecule has 2 fully saturated rings. The molecule has 2 aromatic carbocycles. The lowest BCUT2D eigenvalue weighted by molar-refractivity contribution is -0.166. The molecule has 3 aromatic rings. The van der Waals surface area contributed by atoms with Crippen molar-refractivity contribution < 1.29 is 38.9 Å². The van der Waals surface area contributed by atoms with Crippen LogP contribution in [-0.4, -0.2) is 76.5 Å². The number of aromatic nitrogens is 1. The maximum absolute atomic E-state index is 12.2. The van der Waals surface area contributed by atoms with Crippen LogP contribution in [0, 0.1) is 13.8 Å². The largest absolute Gasteiger partial charge is 0.478 e. The van der Waals surface area contributed by atoms with Crippen molar-refractivity contribution >= 4 is 29.6 Å². The second kappa shape index (κ2) is 13.9. The number of pyridine rings is 1.